The molecule has 5 atom stereocenters. The molecular weight excluding hydrogens is 408 g/mol. The van der Waals surface area contributed by atoms with Crippen LogP contribution in [0.2, 0.25) is 5.02 Å². The van der Waals surface area contributed by atoms with E-state index in [2.05, 4.69) is 35.3 Å². The van der Waals surface area contributed by atoms with Crippen molar-refractivity contribution in [2.24, 2.45) is 23.5 Å². The van der Waals surface area contributed by atoms with E-state index in [9.17, 15) is 4.79 Å². The van der Waals surface area contributed by atoms with Gasteiger partial charge in [-0.3, -0.25) is 4.79 Å². The van der Waals surface area contributed by atoms with Gasteiger partial charge in [0.1, 0.15) is 11.4 Å². The molecule has 5 heteroatoms. The van der Waals surface area contributed by atoms with Gasteiger partial charge in [-0.05, 0) is 85.4 Å². The lowest BCUT2D eigenvalue weighted by Crippen LogP contribution is -2.45. The minimum atomic E-state index is -0.299. The molecule has 1 heterocycles. The fraction of sp³-hybridized carbons (Fsp3) is 0.423. The Hall–Kier alpha value is -2.30. The van der Waals surface area contributed by atoms with Crippen LogP contribution in [0.4, 0.5) is 0 Å². The van der Waals surface area contributed by atoms with Crippen molar-refractivity contribution in [2.45, 2.75) is 49.7 Å². The molecule has 3 fully saturated rings. The van der Waals surface area contributed by atoms with Crippen molar-refractivity contribution in [1.82, 2.24) is 4.98 Å². The Kier molecular flexibility index (Phi) is 4.28. The molecule has 160 valence electrons. The molecule has 0 saturated heterocycles. The maximum absolute atomic E-state index is 12.1. The Morgan fingerprint density at radius 3 is 2.74 bits per heavy atom. The molecule has 0 aliphatic heterocycles. The van der Waals surface area contributed by atoms with Crippen LogP contribution >= 0.6 is 11.6 Å². The van der Waals surface area contributed by atoms with Crippen LogP contribution in [0.3, 0.4) is 0 Å². The summed E-state index contributed by atoms with van der Waals surface area (Å²) in [6, 6.07) is 16.2. The summed E-state index contributed by atoms with van der Waals surface area (Å²) in [5.74, 6) is 2.41. The van der Waals surface area contributed by atoms with Crippen LogP contribution in [0, 0.1) is 17.8 Å². The molecule has 0 spiro atoms. The van der Waals surface area contributed by atoms with Crippen LogP contribution < -0.4 is 16.0 Å². The van der Waals surface area contributed by atoms with Gasteiger partial charge in [-0.1, -0.05) is 41.9 Å². The van der Waals surface area contributed by atoms with Gasteiger partial charge in [-0.15, -0.1) is 0 Å². The normalized spacial score (nSPS) is 34.1. The van der Waals surface area contributed by atoms with Gasteiger partial charge in [0.05, 0.1) is 5.02 Å². The first-order valence-corrected chi connectivity index (χ1v) is 11.7. The SMILES string of the molecule is NC1(c2ccccc2)CCC2(Oc3cc4cc[nH]c(=O)c4cc3Cl)CC3CC(C2)C1C3. The van der Waals surface area contributed by atoms with Gasteiger partial charge in [0, 0.05) is 17.1 Å². The number of H-pyrrole nitrogens is 1. The number of rotatable bonds is 3. The number of aromatic amines is 1. The Balaban J connectivity index is 1.38. The van der Waals surface area contributed by atoms with Crippen molar-refractivity contribution in [3.8, 4) is 5.75 Å². The van der Waals surface area contributed by atoms with Crippen molar-refractivity contribution < 1.29 is 4.74 Å². The zero-order valence-corrected chi connectivity index (χ0v) is 18.2. The predicted octanol–water partition coefficient (Wildman–Crippen LogP) is 5.38. The standard InChI is InChI=1S/C26H27ClN2O2/c27-22-13-20-17(6-9-29-24(20)30)12-23(22)31-25-7-8-26(28,19-4-2-1-3-5-19)21-11-16(14-25)10-18(21)15-25/h1-6,9,12-13,16,18,21H,7-8,10-11,14-15,28H2,(H,29,30). The Morgan fingerprint density at radius 2 is 1.90 bits per heavy atom. The summed E-state index contributed by atoms with van der Waals surface area (Å²) in [5.41, 5.74) is 7.79. The van der Waals surface area contributed by atoms with E-state index in [1.807, 2.05) is 12.1 Å². The van der Waals surface area contributed by atoms with Crippen molar-refractivity contribution >= 4 is 22.4 Å². The molecule has 3 bridgehead atoms. The minimum absolute atomic E-state index is 0.132. The van der Waals surface area contributed by atoms with Crippen LogP contribution in [-0.2, 0) is 5.54 Å². The predicted molar refractivity (Wildman–Crippen MR) is 123 cm³/mol. The smallest absolute Gasteiger partial charge is 0.255 e. The quantitative estimate of drug-likeness (QED) is 0.581. The fourth-order valence-electron chi connectivity index (χ4n) is 6.92. The lowest BCUT2D eigenvalue weighted by Gasteiger charge is -2.41. The van der Waals surface area contributed by atoms with Crippen molar-refractivity contribution in [1.29, 1.82) is 0 Å². The largest absolute Gasteiger partial charge is 0.486 e. The zero-order valence-electron chi connectivity index (χ0n) is 17.4. The first-order valence-electron chi connectivity index (χ1n) is 11.3. The van der Waals surface area contributed by atoms with Crippen LogP contribution in [0.1, 0.15) is 44.1 Å². The second-order valence-electron chi connectivity index (χ2n) is 9.98. The lowest BCUT2D eigenvalue weighted by molar-refractivity contribution is -0.00123. The van der Waals surface area contributed by atoms with E-state index < -0.39 is 0 Å². The third-order valence-electron chi connectivity index (χ3n) is 8.21. The van der Waals surface area contributed by atoms with Crippen molar-refractivity contribution in [3.63, 3.8) is 0 Å². The molecule has 31 heavy (non-hydrogen) atoms. The second kappa shape index (κ2) is 6.85. The molecule has 0 radical (unpaired) electrons. The maximum Gasteiger partial charge on any atom is 0.255 e. The number of hydrogen-bond donors (Lipinski definition) is 2. The Morgan fingerprint density at radius 1 is 1.06 bits per heavy atom. The average molecular weight is 435 g/mol. The number of benzene rings is 2. The van der Waals surface area contributed by atoms with Gasteiger partial charge in [0.2, 0.25) is 0 Å². The molecule has 5 unspecified atom stereocenters. The van der Waals surface area contributed by atoms with E-state index in [0.29, 0.717) is 33.9 Å². The van der Waals surface area contributed by atoms with E-state index in [4.69, 9.17) is 22.1 Å². The summed E-state index contributed by atoms with van der Waals surface area (Å²) in [5, 5.41) is 1.94. The number of ether oxygens (including phenoxy) is 1. The highest BCUT2D eigenvalue weighted by atomic mass is 35.5. The van der Waals surface area contributed by atoms with E-state index >= 15 is 0 Å². The summed E-state index contributed by atoms with van der Waals surface area (Å²) < 4.78 is 6.80. The molecular formula is C26H27ClN2O2. The van der Waals surface area contributed by atoms with Crippen LogP contribution in [0.5, 0.6) is 5.75 Å². The Labute approximate surface area is 186 Å². The number of hydrogen-bond acceptors (Lipinski definition) is 3. The third-order valence-corrected chi connectivity index (χ3v) is 8.50. The summed E-state index contributed by atoms with van der Waals surface area (Å²) in [7, 11) is 0. The van der Waals surface area contributed by atoms with Crippen LogP contribution in [-0.4, -0.2) is 10.6 Å². The number of pyridine rings is 1. The van der Waals surface area contributed by atoms with Gasteiger partial charge in [-0.25, -0.2) is 0 Å². The molecule has 3 aromatic rings. The van der Waals surface area contributed by atoms with Gasteiger partial charge in [-0.2, -0.15) is 0 Å². The molecule has 3 saturated carbocycles. The van der Waals surface area contributed by atoms with Gasteiger partial charge in [0.25, 0.3) is 5.56 Å². The average Bonchev–Trinajstić information content (AvgIpc) is 3.05. The van der Waals surface area contributed by atoms with Gasteiger partial charge in [0.15, 0.2) is 0 Å². The monoisotopic (exact) mass is 434 g/mol. The van der Waals surface area contributed by atoms with E-state index in [0.717, 1.165) is 31.1 Å². The fourth-order valence-corrected chi connectivity index (χ4v) is 7.12. The first-order chi connectivity index (χ1) is 15.0. The summed E-state index contributed by atoms with van der Waals surface area (Å²) in [6.45, 7) is 0. The molecule has 3 aliphatic carbocycles. The number of nitrogens with two attached hydrogens (primary N) is 1. The molecule has 6 rings (SSSR count). The third kappa shape index (κ3) is 3.03. The summed E-state index contributed by atoms with van der Waals surface area (Å²) in [4.78, 5) is 14.8. The molecule has 4 nitrogen and oxygen atoms in total. The molecule has 2 aromatic carbocycles. The van der Waals surface area contributed by atoms with Crippen molar-refractivity contribution in [3.05, 3.63) is 75.7 Å². The summed E-state index contributed by atoms with van der Waals surface area (Å²) in [6.07, 6.45) is 8.03. The zero-order chi connectivity index (χ0) is 21.2. The number of aromatic nitrogens is 1. The van der Waals surface area contributed by atoms with E-state index in [-0.39, 0.29) is 16.7 Å². The summed E-state index contributed by atoms with van der Waals surface area (Å²) >= 11 is 6.60. The van der Waals surface area contributed by atoms with Gasteiger partial charge >= 0.3 is 0 Å². The van der Waals surface area contributed by atoms with E-state index in [1.54, 1.807) is 12.3 Å². The number of halogens is 1. The van der Waals surface area contributed by atoms with Crippen LogP contribution in [0.25, 0.3) is 10.8 Å². The highest BCUT2D eigenvalue weighted by Crippen LogP contribution is 2.60. The first kappa shape index (κ1) is 19.4. The van der Waals surface area contributed by atoms with Crippen LogP contribution in [0.15, 0.2) is 59.5 Å². The molecule has 3 N–H and O–H groups in total. The Bertz CT molecular complexity index is 1210. The molecule has 3 aliphatic rings. The lowest BCUT2D eigenvalue weighted by atomic mass is 9.72. The highest BCUT2D eigenvalue weighted by Gasteiger charge is 2.58. The number of fused-ring (bicyclic) bond motifs is 3. The topological polar surface area (TPSA) is 68.1 Å². The number of nitrogens with one attached hydrogen (secondary N) is 1. The highest BCUT2D eigenvalue weighted by molar-refractivity contribution is 6.32. The van der Waals surface area contributed by atoms with Crippen molar-refractivity contribution in [2.75, 3.05) is 0 Å². The minimum Gasteiger partial charge on any atom is -0.486 e. The van der Waals surface area contributed by atoms with Gasteiger partial charge < -0.3 is 15.5 Å². The maximum atomic E-state index is 12.1. The van der Waals surface area contributed by atoms with E-state index in [1.165, 1.54) is 18.4 Å². The molecule has 0 amide bonds. The second-order valence-corrected chi connectivity index (χ2v) is 10.4. The molecule has 1 aromatic heterocycles.